The van der Waals surface area contributed by atoms with Gasteiger partial charge in [0.25, 0.3) is 0 Å². The lowest BCUT2D eigenvalue weighted by molar-refractivity contribution is -0.143. The molecule has 3 amide bonds. The molecule has 1 heterocycles. The molecule has 5 atom stereocenters. The van der Waals surface area contributed by atoms with Gasteiger partial charge in [-0.25, -0.2) is 0 Å². The molecule has 1 aliphatic heterocycles. The molecule has 3 saturated carbocycles. The number of rotatable bonds is 11. The van der Waals surface area contributed by atoms with Crippen LogP contribution in [0.1, 0.15) is 92.4 Å². The van der Waals surface area contributed by atoms with E-state index in [2.05, 4.69) is 63.7 Å². The maximum absolute atomic E-state index is 14.3. The average molecular weight is 542 g/mol. The van der Waals surface area contributed by atoms with Crippen molar-refractivity contribution in [3.63, 3.8) is 0 Å². The van der Waals surface area contributed by atoms with Crippen LogP contribution in [0.4, 0.5) is 0 Å². The summed E-state index contributed by atoms with van der Waals surface area (Å²) < 4.78 is 0. The van der Waals surface area contributed by atoms with E-state index in [0.29, 0.717) is 24.7 Å². The van der Waals surface area contributed by atoms with Gasteiger partial charge in [-0.05, 0) is 69.1 Å². The van der Waals surface area contributed by atoms with Crippen molar-refractivity contribution in [3.05, 3.63) is 24.6 Å². The van der Waals surface area contributed by atoms with Crippen molar-refractivity contribution in [1.29, 1.82) is 0 Å². The molecule has 1 saturated heterocycles. The molecule has 0 aromatic rings. The topological polar surface area (TPSA) is 117 Å². The molecule has 218 valence electrons. The van der Waals surface area contributed by atoms with Gasteiger partial charge in [-0.3, -0.25) is 14.4 Å². The monoisotopic (exact) mass is 541 g/mol. The molecule has 5 N–H and O–H groups in total. The van der Waals surface area contributed by atoms with Crippen LogP contribution in [0.3, 0.4) is 0 Å². The highest BCUT2D eigenvalue weighted by Crippen LogP contribution is 2.65. The number of hydrogen-bond donors (Lipinski definition) is 4. The number of carbonyl (C=O) groups excluding carboxylic acids is 3. The van der Waals surface area contributed by atoms with E-state index in [1.165, 1.54) is 12.8 Å². The zero-order valence-corrected chi connectivity index (χ0v) is 24.8. The van der Waals surface area contributed by atoms with Crippen LogP contribution in [0.25, 0.3) is 0 Å². The van der Waals surface area contributed by atoms with Crippen molar-refractivity contribution < 1.29 is 14.4 Å². The Morgan fingerprint density at radius 3 is 2.18 bits per heavy atom. The third-order valence-corrected chi connectivity index (χ3v) is 9.85. The molecule has 4 unspecified atom stereocenters. The first-order valence-corrected chi connectivity index (χ1v) is 15.0. The Hall–Kier alpha value is -2.51. The quantitative estimate of drug-likeness (QED) is 0.298. The van der Waals surface area contributed by atoms with E-state index >= 15 is 0 Å². The molecule has 0 spiro atoms. The number of primary amides is 1. The molecule has 0 aromatic carbocycles. The van der Waals surface area contributed by atoms with Gasteiger partial charge in [-0.1, -0.05) is 65.5 Å². The SMILES string of the molecule is C=C(NC(C(=O)N1CC2[C@H](C1C(=O)NC(CC1CCC1)C(=C)C(N)=O)C2(C)C)C1CCCCC1)NC(C)(C)C. The van der Waals surface area contributed by atoms with Crippen molar-refractivity contribution in [2.75, 3.05) is 6.54 Å². The van der Waals surface area contributed by atoms with Crippen LogP contribution in [0, 0.1) is 29.1 Å². The summed E-state index contributed by atoms with van der Waals surface area (Å²) in [6, 6.07) is -1.50. The zero-order valence-electron chi connectivity index (χ0n) is 24.8. The lowest BCUT2D eigenvalue weighted by atomic mass is 9.79. The summed E-state index contributed by atoms with van der Waals surface area (Å²) >= 11 is 0. The van der Waals surface area contributed by atoms with E-state index in [4.69, 9.17) is 5.73 Å². The first-order valence-electron chi connectivity index (χ1n) is 15.0. The van der Waals surface area contributed by atoms with Crippen LogP contribution >= 0.6 is 0 Å². The minimum absolute atomic E-state index is 0.00585. The normalized spacial score (nSPS) is 27.9. The van der Waals surface area contributed by atoms with Crippen LogP contribution in [-0.2, 0) is 14.4 Å². The lowest BCUT2D eigenvalue weighted by Crippen LogP contribution is -2.59. The highest BCUT2D eigenvalue weighted by molar-refractivity contribution is 5.95. The minimum atomic E-state index is -0.588. The van der Waals surface area contributed by atoms with E-state index in [1.54, 1.807) is 0 Å². The van der Waals surface area contributed by atoms with Crippen LogP contribution in [0.5, 0.6) is 0 Å². The maximum atomic E-state index is 14.3. The van der Waals surface area contributed by atoms with Gasteiger partial charge < -0.3 is 26.6 Å². The minimum Gasteiger partial charge on any atom is -0.368 e. The first kappa shape index (κ1) is 29.5. The van der Waals surface area contributed by atoms with Crippen LogP contribution in [0.2, 0.25) is 0 Å². The van der Waals surface area contributed by atoms with E-state index in [0.717, 1.165) is 38.5 Å². The van der Waals surface area contributed by atoms with E-state index < -0.39 is 24.0 Å². The van der Waals surface area contributed by atoms with Gasteiger partial charge in [0.15, 0.2) is 0 Å². The van der Waals surface area contributed by atoms with Gasteiger partial charge in [0.2, 0.25) is 17.7 Å². The average Bonchev–Trinajstić information content (AvgIpc) is 3.15. The molecular weight excluding hydrogens is 490 g/mol. The Balaban J connectivity index is 1.55. The molecule has 8 nitrogen and oxygen atoms in total. The van der Waals surface area contributed by atoms with E-state index in [-0.39, 0.29) is 46.1 Å². The number of amides is 3. The Morgan fingerprint density at radius 1 is 1.00 bits per heavy atom. The van der Waals surface area contributed by atoms with Crippen LogP contribution in [-0.4, -0.2) is 52.8 Å². The summed E-state index contributed by atoms with van der Waals surface area (Å²) in [5.74, 6) is 0.859. The molecule has 4 rings (SSSR count). The summed E-state index contributed by atoms with van der Waals surface area (Å²) in [7, 11) is 0. The number of hydrogen-bond acceptors (Lipinski definition) is 5. The van der Waals surface area contributed by atoms with Crippen molar-refractivity contribution in [3.8, 4) is 0 Å². The maximum Gasteiger partial charge on any atom is 0.246 e. The second-order valence-electron chi connectivity index (χ2n) is 14.2. The molecular formula is C31H51N5O3. The van der Waals surface area contributed by atoms with E-state index in [9.17, 15) is 14.4 Å². The van der Waals surface area contributed by atoms with Crippen molar-refractivity contribution in [2.45, 2.75) is 116 Å². The molecule has 39 heavy (non-hydrogen) atoms. The highest BCUT2D eigenvalue weighted by atomic mass is 16.2. The number of nitrogens with one attached hydrogen (secondary N) is 3. The summed E-state index contributed by atoms with van der Waals surface area (Å²) in [6.07, 6.45) is 9.38. The van der Waals surface area contributed by atoms with E-state index in [1.807, 2.05) is 4.90 Å². The molecule has 3 aliphatic carbocycles. The van der Waals surface area contributed by atoms with Gasteiger partial charge in [0.05, 0.1) is 11.9 Å². The van der Waals surface area contributed by atoms with Gasteiger partial charge >= 0.3 is 0 Å². The zero-order chi connectivity index (χ0) is 28.7. The van der Waals surface area contributed by atoms with Gasteiger partial charge in [-0.2, -0.15) is 0 Å². The van der Waals surface area contributed by atoms with Crippen molar-refractivity contribution in [1.82, 2.24) is 20.9 Å². The van der Waals surface area contributed by atoms with Crippen LogP contribution in [0.15, 0.2) is 24.6 Å². The Morgan fingerprint density at radius 2 is 1.64 bits per heavy atom. The predicted octanol–water partition coefficient (Wildman–Crippen LogP) is 3.58. The number of carbonyl (C=O) groups is 3. The highest BCUT2D eigenvalue weighted by Gasteiger charge is 2.69. The van der Waals surface area contributed by atoms with Crippen molar-refractivity contribution >= 4 is 17.7 Å². The second-order valence-corrected chi connectivity index (χ2v) is 14.2. The standard InChI is InChI=1S/C31H51N5O3/c1-18(27(32)37)23(16-20-12-11-13-20)34-28(38)26-24-22(31(24,6)7)17-36(26)29(39)25(21-14-9-8-10-15-21)33-19(2)35-30(3,4)5/h20-26,33,35H,1-2,8-17H2,3-7H3,(H2,32,37)(H,34,38)/t22?,23?,24-,25?,26?/m1/s1. The first-order chi connectivity index (χ1) is 18.2. The third kappa shape index (κ3) is 6.46. The summed E-state index contributed by atoms with van der Waals surface area (Å²) in [5.41, 5.74) is 5.63. The van der Waals surface area contributed by atoms with Gasteiger partial charge in [0.1, 0.15) is 12.1 Å². The fourth-order valence-corrected chi connectivity index (χ4v) is 7.30. The fraction of sp³-hybridized carbons (Fsp3) is 0.774. The Labute approximate surface area is 235 Å². The summed E-state index contributed by atoms with van der Waals surface area (Å²) in [5, 5.41) is 9.93. The second kappa shape index (κ2) is 11.2. The lowest BCUT2D eigenvalue weighted by Gasteiger charge is -2.39. The number of piperidine rings is 1. The predicted molar refractivity (Wildman–Crippen MR) is 154 cm³/mol. The molecule has 4 aliphatic rings. The third-order valence-electron chi connectivity index (χ3n) is 9.85. The van der Waals surface area contributed by atoms with Crippen LogP contribution < -0.4 is 21.7 Å². The summed E-state index contributed by atoms with van der Waals surface area (Å²) in [4.78, 5) is 42.1. The smallest absolute Gasteiger partial charge is 0.246 e. The fourth-order valence-electron chi connectivity index (χ4n) is 7.30. The number of nitrogens with two attached hydrogens (primary N) is 1. The number of fused-ring (bicyclic) bond motifs is 1. The van der Waals surface area contributed by atoms with Crippen molar-refractivity contribution in [2.24, 2.45) is 34.8 Å². The van der Waals surface area contributed by atoms with Gasteiger partial charge in [0, 0.05) is 17.7 Å². The number of nitrogens with zero attached hydrogens (tertiary/aromatic N) is 1. The Kier molecular flexibility index (Phi) is 8.44. The molecule has 8 heteroatoms. The Bertz CT molecular complexity index is 989. The molecule has 0 aromatic heterocycles. The molecule has 0 radical (unpaired) electrons. The largest absolute Gasteiger partial charge is 0.368 e. The summed E-state index contributed by atoms with van der Waals surface area (Å²) in [6.45, 7) is 19.2. The number of likely N-dealkylation sites (tertiary alicyclic amines) is 1. The molecule has 4 fully saturated rings. The molecule has 0 bridgehead atoms. The van der Waals surface area contributed by atoms with Gasteiger partial charge in [-0.15, -0.1) is 0 Å².